The van der Waals surface area contributed by atoms with Crippen molar-refractivity contribution in [2.24, 2.45) is 0 Å². The second kappa shape index (κ2) is 12.2. The van der Waals surface area contributed by atoms with Gasteiger partial charge in [-0.15, -0.1) is 0 Å². The van der Waals surface area contributed by atoms with Gasteiger partial charge < -0.3 is 24.8 Å². The Morgan fingerprint density at radius 2 is 1.95 bits per heavy atom. The number of ether oxygens (including phenoxy) is 3. The molecule has 8 nitrogen and oxygen atoms in total. The molecule has 40 heavy (non-hydrogen) atoms. The molecular formula is C29H26Cl2FN3O5. The van der Waals surface area contributed by atoms with Gasteiger partial charge >= 0.3 is 0 Å². The number of benzene rings is 3. The molecule has 2 amide bonds. The van der Waals surface area contributed by atoms with Crippen LogP contribution in [0, 0.1) is 24.1 Å². The highest BCUT2D eigenvalue weighted by Crippen LogP contribution is 2.35. The van der Waals surface area contributed by atoms with E-state index < -0.39 is 17.5 Å². The van der Waals surface area contributed by atoms with Crippen LogP contribution in [-0.2, 0) is 20.7 Å². The first-order valence-corrected chi connectivity index (χ1v) is 13.1. The molecule has 0 aromatic heterocycles. The van der Waals surface area contributed by atoms with Crippen LogP contribution in [0.3, 0.4) is 0 Å². The number of nitrogens with one attached hydrogen (secondary N) is 2. The van der Waals surface area contributed by atoms with Crippen LogP contribution in [0.5, 0.6) is 11.5 Å². The zero-order chi connectivity index (χ0) is 29.0. The van der Waals surface area contributed by atoms with Crippen LogP contribution in [0.4, 0.5) is 10.1 Å². The molecule has 1 unspecified atom stereocenters. The summed E-state index contributed by atoms with van der Waals surface area (Å²) >= 11 is 12.2. The van der Waals surface area contributed by atoms with Gasteiger partial charge in [0.15, 0.2) is 17.4 Å². The SMILES string of the molecule is Cc1cc(C(=O)NCC2COC(C)(C)O2)ccc1NC(=O)Cc1ccc(Cl)c(Oc2cc(Cl)cc(C#N)c2)c1F. The molecule has 1 fully saturated rings. The van der Waals surface area contributed by atoms with E-state index in [1.54, 1.807) is 25.1 Å². The number of amides is 2. The molecule has 0 bridgehead atoms. The molecule has 3 aromatic carbocycles. The van der Waals surface area contributed by atoms with Gasteiger partial charge in [0.1, 0.15) is 11.9 Å². The van der Waals surface area contributed by atoms with Crippen LogP contribution in [0.15, 0.2) is 48.5 Å². The van der Waals surface area contributed by atoms with Gasteiger partial charge in [-0.2, -0.15) is 5.26 Å². The fourth-order valence-corrected chi connectivity index (χ4v) is 4.50. The molecule has 1 aliphatic heterocycles. The number of aryl methyl sites for hydroxylation is 1. The monoisotopic (exact) mass is 585 g/mol. The van der Waals surface area contributed by atoms with Crippen LogP contribution in [0.1, 0.15) is 40.9 Å². The maximum atomic E-state index is 15.3. The highest BCUT2D eigenvalue weighted by Gasteiger charge is 2.32. The minimum absolute atomic E-state index is 0.0133. The standard InChI is InChI=1S/C29H26Cl2FN3O5/c1-16-8-19(28(37)34-14-22-15-38-29(2,3)40-22)5-7-24(16)35-25(36)11-18-4-6-23(31)27(26(18)32)39-21-10-17(13-33)9-20(30)12-21/h4-10,12,22H,11,14-15H2,1-3H3,(H,34,37)(H,35,36). The van der Waals surface area contributed by atoms with Gasteiger partial charge in [0.25, 0.3) is 5.91 Å². The third-order valence-electron chi connectivity index (χ3n) is 6.02. The number of carbonyl (C=O) groups is 2. The van der Waals surface area contributed by atoms with Gasteiger partial charge in [-0.25, -0.2) is 4.39 Å². The van der Waals surface area contributed by atoms with Gasteiger partial charge in [-0.1, -0.05) is 29.3 Å². The lowest BCUT2D eigenvalue weighted by Crippen LogP contribution is -2.34. The minimum atomic E-state index is -0.815. The van der Waals surface area contributed by atoms with E-state index in [1.807, 2.05) is 19.9 Å². The van der Waals surface area contributed by atoms with Crippen molar-refractivity contribution in [1.82, 2.24) is 5.32 Å². The lowest BCUT2D eigenvalue weighted by atomic mass is 10.1. The number of carbonyl (C=O) groups excluding carboxylic acids is 2. The molecule has 208 valence electrons. The molecular weight excluding hydrogens is 560 g/mol. The minimum Gasteiger partial charge on any atom is -0.453 e. The average Bonchev–Trinajstić information content (AvgIpc) is 3.26. The van der Waals surface area contributed by atoms with Crippen molar-refractivity contribution >= 4 is 40.7 Å². The zero-order valence-corrected chi connectivity index (χ0v) is 23.5. The Hall–Kier alpha value is -3.68. The Labute approximate surface area is 240 Å². The van der Waals surface area contributed by atoms with Crippen molar-refractivity contribution in [3.8, 4) is 17.6 Å². The van der Waals surface area contributed by atoms with E-state index in [4.69, 9.17) is 42.7 Å². The normalized spacial score (nSPS) is 15.8. The lowest BCUT2D eigenvalue weighted by Gasteiger charge is -2.17. The van der Waals surface area contributed by atoms with Gasteiger partial charge in [0, 0.05) is 28.4 Å². The molecule has 3 aromatic rings. The van der Waals surface area contributed by atoms with Gasteiger partial charge in [0.2, 0.25) is 5.91 Å². The topological polar surface area (TPSA) is 110 Å². The predicted octanol–water partition coefficient (Wildman–Crippen LogP) is 6.17. The summed E-state index contributed by atoms with van der Waals surface area (Å²) in [6, 6.07) is 13.9. The van der Waals surface area contributed by atoms with E-state index in [0.29, 0.717) is 30.0 Å². The Morgan fingerprint density at radius 3 is 2.62 bits per heavy atom. The van der Waals surface area contributed by atoms with Gasteiger partial charge in [0.05, 0.1) is 29.7 Å². The Balaban J connectivity index is 1.40. The second-order valence-electron chi connectivity index (χ2n) is 9.65. The van der Waals surface area contributed by atoms with Crippen molar-refractivity contribution in [2.75, 3.05) is 18.5 Å². The van der Waals surface area contributed by atoms with Crippen molar-refractivity contribution in [3.05, 3.63) is 86.6 Å². The smallest absolute Gasteiger partial charge is 0.251 e. The molecule has 1 saturated heterocycles. The third kappa shape index (κ3) is 7.29. The van der Waals surface area contributed by atoms with Crippen LogP contribution in [0.2, 0.25) is 10.0 Å². The summed E-state index contributed by atoms with van der Waals surface area (Å²) in [5, 5.41) is 14.9. The molecule has 11 heteroatoms. The number of rotatable bonds is 8. The fraction of sp³-hybridized carbons (Fsp3) is 0.276. The Bertz CT molecular complexity index is 1510. The molecule has 1 aliphatic rings. The predicted molar refractivity (Wildman–Crippen MR) is 148 cm³/mol. The van der Waals surface area contributed by atoms with E-state index in [9.17, 15) is 9.59 Å². The van der Waals surface area contributed by atoms with Crippen molar-refractivity contribution in [1.29, 1.82) is 5.26 Å². The first-order chi connectivity index (χ1) is 18.9. The molecule has 0 spiro atoms. The fourth-order valence-electron chi connectivity index (χ4n) is 4.09. The van der Waals surface area contributed by atoms with E-state index in [-0.39, 0.29) is 51.1 Å². The number of hydrogen-bond acceptors (Lipinski definition) is 6. The lowest BCUT2D eigenvalue weighted by molar-refractivity contribution is -0.137. The summed E-state index contributed by atoms with van der Waals surface area (Å²) in [6.07, 6.45) is -0.543. The van der Waals surface area contributed by atoms with E-state index in [1.165, 1.54) is 30.3 Å². The number of anilines is 1. The Morgan fingerprint density at radius 1 is 1.18 bits per heavy atom. The number of halogens is 3. The maximum Gasteiger partial charge on any atom is 0.251 e. The Kier molecular flexibility index (Phi) is 8.96. The second-order valence-corrected chi connectivity index (χ2v) is 10.5. The maximum absolute atomic E-state index is 15.3. The van der Waals surface area contributed by atoms with Crippen molar-refractivity contribution < 1.29 is 28.2 Å². The molecule has 0 saturated carbocycles. The van der Waals surface area contributed by atoms with Crippen molar-refractivity contribution in [2.45, 2.75) is 39.1 Å². The molecule has 2 N–H and O–H groups in total. The van der Waals surface area contributed by atoms with Crippen LogP contribution in [0.25, 0.3) is 0 Å². The number of nitriles is 1. The number of nitrogens with zero attached hydrogens (tertiary/aromatic N) is 1. The average molecular weight is 586 g/mol. The van der Waals surface area contributed by atoms with E-state index >= 15 is 4.39 Å². The van der Waals surface area contributed by atoms with E-state index in [2.05, 4.69) is 10.6 Å². The van der Waals surface area contributed by atoms with Crippen molar-refractivity contribution in [3.63, 3.8) is 0 Å². The molecule has 0 aliphatic carbocycles. The van der Waals surface area contributed by atoms with Crippen LogP contribution in [-0.4, -0.2) is 36.9 Å². The highest BCUT2D eigenvalue weighted by atomic mass is 35.5. The molecule has 4 rings (SSSR count). The third-order valence-corrected chi connectivity index (χ3v) is 6.54. The van der Waals surface area contributed by atoms with E-state index in [0.717, 1.165) is 0 Å². The first-order valence-electron chi connectivity index (χ1n) is 12.3. The largest absolute Gasteiger partial charge is 0.453 e. The quantitative estimate of drug-likeness (QED) is 0.327. The van der Waals surface area contributed by atoms with Gasteiger partial charge in [-0.3, -0.25) is 9.59 Å². The molecule has 1 heterocycles. The van der Waals surface area contributed by atoms with Gasteiger partial charge in [-0.05, 0) is 68.8 Å². The summed E-state index contributed by atoms with van der Waals surface area (Å²) in [6.45, 7) is 6.06. The molecule has 1 atom stereocenters. The summed E-state index contributed by atoms with van der Waals surface area (Å²) in [5.74, 6) is -2.42. The summed E-state index contributed by atoms with van der Waals surface area (Å²) in [4.78, 5) is 25.4. The zero-order valence-electron chi connectivity index (χ0n) is 21.9. The summed E-state index contributed by atoms with van der Waals surface area (Å²) in [5.41, 5.74) is 1.83. The molecule has 0 radical (unpaired) electrons. The number of hydrogen-bond donors (Lipinski definition) is 2. The first kappa shape index (κ1) is 29.3. The van der Waals surface area contributed by atoms with Crippen LogP contribution < -0.4 is 15.4 Å². The highest BCUT2D eigenvalue weighted by molar-refractivity contribution is 6.32. The van der Waals surface area contributed by atoms with Crippen LogP contribution >= 0.6 is 23.2 Å². The summed E-state index contributed by atoms with van der Waals surface area (Å²) in [7, 11) is 0. The summed E-state index contributed by atoms with van der Waals surface area (Å²) < 4.78 is 32.1.